The molecule has 22 heavy (non-hydrogen) atoms. The lowest BCUT2D eigenvalue weighted by atomic mass is 10.0. The average Bonchev–Trinajstić information content (AvgIpc) is 2.47. The molecule has 0 amide bonds. The Bertz CT molecular complexity index is 694. The third-order valence-electron chi connectivity index (χ3n) is 2.94. The van der Waals surface area contributed by atoms with E-state index >= 15 is 0 Å². The van der Waals surface area contributed by atoms with Crippen LogP contribution in [-0.4, -0.2) is 32.8 Å². The van der Waals surface area contributed by atoms with Crippen LogP contribution in [0.1, 0.15) is 21.5 Å². The highest BCUT2D eigenvalue weighted by Crippen LogP contribution is 2.25. The second-order valence-electron chi connectivity index (χ2n) is 4.61. The minimum Gasteiger partial charge on any atom is -0.508 e. The molecule has 0 aliphatic heterocycles. The molecule has 2 aromatic rings. The molecular formula is C16H14O5S. The number of hydrogen-bond acceptors (Lipinski definition) is 5. The monoisotopic (exact) mass is 318 g/mol. The van der Waals surface area contributed by atoms with Crippen LogP contribution in [0.4, 0.5) is 0 Å². The number of rotatable bonds is 6. The molecule has 0 bridgehead atoms. The maximum absolute atomic E-state index is 12.3. The average molecular weight is 318 g/mol. The lowest BCUT2D eigenvalue weighted by Crippen LogP contribution is -2.02. The van der Waals surface area contributed by atoms with Gasteiger partial charge in [0, 0.05) is 17.4 Å². The smallest absolute Gasteiger partial charge is 0.313 e. The first-order chi connectivity index (χ1) is 10.5. The van der Waals surface area contributed by atoms with E-state index in [1.807, 2.05) is 0 Å². The second kappa shape index (κ2) is 7.00. The van der Waals surface area contributed by atoms with Crippen molar-refractivity contribution in [1.29, 1.82) is 0 Å². The summed E-state index contributed by atoms with van der Waals surface area (Å²) in [5.74, 6) is -1.01. The Hall–Kier alpha value is -2.47. The molecule has 5 nitrogen and oxygen atoms in total. The maximum Gasteiger partial charge on any atom is 0.313 e. The van der Waals surface area contributed by atoms with E-state index in [0.717, 1.165) is 11.6 Å². The van der Waals surface area contributed by atoms with Crippen LogP contribution in [0, 0.1) is 0 Å². The molecule has 0 heterocycles. The summed E-state index contributed by atoms with van der Waals surface area (Å²) in [6, 6.07) is 10.6. The molecular weight excluding hydrogens is 304 g/mol. The van der Waals surface area contributed by atoms with Crippen molar-refractivity contribution in [3.05, 3.63) is 59.2 Å². The van der Waals surface area contributed by atoms with Gasteiger partial charge < -0.3 is 15.3 Å². The maximum atomic E-state index is 12.3. The first kappa shape index (κ1) is 15.9. The van der Waals surface area contributed by atoms with Crippen LogP contribution in [-0.2, 0) is 10.5 Å². The van der Waals surface area contributed by atoms with Gasteiger partial charge in [-0.1, -0.05) is 24.3 Å². The van der Waals surface area contributed by atoms with Crippen molar-refractivity contribution >= 4 is 23.5 Å². The van der Waals surface area contributed by atoms with Crippen molar-refractivity contribution in [3.63, 3.8) is 0 Å². The predicted molar refractivity (Wildman–Crippen MR) is 83.4 cm³/mol. The number of aromatic hydroxyl groups is 2. The molecule has 114 valence electrons. The Kier molecular flexibility index (Phi) is 5.06. The van der Waals surface area contributed by atoms with E-state index in [0.29, 0.717) is 11.3 Å². The molecule has 0 aromatic heterocycles. The quantitative estimate of drug-likeness (QED) is 0.709. The Balaban J connectivity index is 2.09. The summed E-state index contributed by atoms with van der Waals surface area (Å²) in [6.07, 6.45) is 0. The molecule has 2 rings (SSSR count). The van der Waals surface area contributed by atoms with E-state index in [1.165, 1.54) is 23.9 Å². The van der Waals surface area contributed by atoms with Gasteiger partial charge in [0.25, 0.3) is 0 Å². The van der Waals surface area contributed by atoms with Gasteiger partial charge in [-0.05, 0) is 17.7 Å². The van der Waals surface area contributed by atoms with E-state index in [-0.39, 0.29) is 28.6 Å². The number of carboxylic acids is 1. The Morgan fingerprint density at radius 2 is 1.68 bits per heavy atom. The van der Waals surface area contributed by atoms with Gasteiger partial charge in [0.15, 0.2) is 5.78 Å². The highest BCUT2D eigenvalue weighted by Gasteiger charge is 2.14. The van der Waals surface area contributed by atoms with E-state index < -0.39 is 5.97 Å². The number of phenols is 2. The van der Waals surface area contributed by atoms with Crippen molar-refractivity contribution in [2.24, 2.45) is 0 Å². The standard InChI is InChI=1S/C16H14O5S/c17-12-5-6-13(14(18)7-12)16(21)11-3-1-10(2-4-11)8-22-9-15(19)20/h1-7,17-18H,8-9H2,(H,19,20). The predicted octanol–water partition coefficient (Wildman–Crippen LogP) is 2.65. The van der Waals surface area contributed by atoms with Crippen molar-refractivity contribution in [1.82, 2.24) is 0 Å². The minimum absolute atomic E-state index is 0.0298. The zero-order valence-electron chi connectivity index (χ0n) is 11.5. The molecule has 0 radical (unpaired) electrons. The lowest BCUT2D eigenvalue weighted by molar-refractivity contribution is -0.133. The number of aliphatic carboxylic acids is 1. The SMILES string of the molecule is O=C(O)CSCc1ccc(C(=O)c2ccc(O)cc2O)cc1. The summed E-state index contributed by atoms with van der Waals surface area (Å²) in [7, 11) is 0. The Morgan fingerprint density at radius 3 is 2.27 bits per heavy atom. The van der Waals surface area contributed by atoms with Crippen LogP contribution in [0.2, 0.25) is 0 Å². The highest BCUT2D eigenvalue weighted by molar-refractivity contribution is 7.99. The van der Waals surface area contributed by atoms with E-state index in [1.54, 1.807) is 24.3 Å². The van der Waals surface area contributed by atoms with E-state index in [4.69, 9.17) is 5.11 Å². The summed E-state index contributed by atoms with van der Waals surface area (Å²) in [5, 5.41) is 27.5. The Morgan fingerprint density at radius 1 is 1.00 bits per heavy atom. The molecule has 0 spiro atoms. The Labute approximate surface area is 131 Å². The van der Waals surface area contributed by atoms with E-state index in [9.17, 15) is 19.8 Å². The van der Waals surface area contributed by atoms with E-state index in [2.05, 4.69) is 0 Å². The number of ketones is 1. The molecule has 0 aliphatic carbocycles. The third-order valence-corrected chi connectivity index (χ3v) is 3.92. The van der Waals surface area contributed by atoms with Crippen LogP contribution in [0.5, 0.6) is 11.5 Å². The normalized spacial score (nSPS) is 10.4. The number of carbonyl (C=O) groups is 2. The van der Waals surface area contributed by atoms with Crippen LogP contribution in [0.15, 0.2) is 42.5 Å². The summed E-state index contributed by atoms with van der Waals surface area (Å²) in [5.41, 5.74) is 1.44. The van der Waals surface area contributed by atoms with Gasteiger partial charge in [0.1, 0.15) is 11.5 Å². The number of phenolic OH excluding ortho intramolecular Hbond substituents is 2. The molecule has 0 saturated heterocycles. The fourth-order valence-electron chi connectivity index (χ4n) is 1.88. The summed E-state index contributed by atoms with van der Waals surface area (Å²) >= 11 is 1.28. The fraction of sp³-hybridized carbons (Fsp3) is 0.125. The molecule has 0 atom stereocenters. The number of carbonyl (C=O) groups excluding carboxylic acids is 1. The first-order valence-corrected chi connectivity index (χ1v) is 7.58. The zero-order chi connectivity index (χ0) is 16.1. The van der Waals surface area contributed by atoms with Gasteiger partial charge in [0.05, 0.1) is 11.3 Å². The molecule has 3 N–H and O–H groups in total. The van der Waals surface area contributed by atoms with Crippen molar-refractivity contribution in [2.75, 3.05) is 5.75 Å². The lowest BCUT2D eigenvalue weighted by Gasteiger charge is -2.06. The van der Waals surface area contributed by atoms with Gasteiger partial charge in [-0.15, -0.1) is 11.8 Å². The second-order valence-corrected chi connectivity index (χ2v) is 5.60. The molecule has 0 fully saturated rings. The molecule has 0 unspecified atom stereocenters. The van der Waals surface area contributed by atoms with Crippen LogP contribution in [0.3, 0.4) is 0 Å². The minimum atomic E-state index is -0.861. The first-order valence-electron chi connectivity index (χ1n) is 6.42. The van der Waals surface area contributed by atoms with Gasteiger partial charge in [0.2, 0.25) is 0 Å². The number of thioether (sulfide) groups is 1. The van der Waals surface area contributed by atoms with Crippen molar-refractivity contribution in [2.45, 2.75) is 5.75 Å². The van der Waals surface area contributed by atoms with Crippen LogP contribution in [0.25, 0.3) is 0 Å². The van der Waals surface area contributed by atoms with Gasteiger partial charge in [-0.2, -0.15) is 0 Å². The molecule has 6 heteroatoms. The molecule has 0 saturated carbocycles. The van der Waals surface area contributed by atoms with Crippen LogP contribution < -0.4 is 0 Å². The van der Waals surface area contributed by atoms with Crippen molar-refractivity contribution in [3.8, 4) is 11.5 Å². The van der Waals surface area contributed by atoms with Gasteiger partial charge >= 0.3 is 5.97 Å². The fourth-order valence-corrected chi connectivity index (χ4v) is 2.58. The largest absolute Gasteiger partial charge is 0.508 e. The highest BCUT2D eigenvalue weighted by atomic mass is 32.2. The molecule has 0 aliphatic rings. The van der Waals surface area contributed by atoms with Gasteiger partial charge in [-0.25, -0.2) is 0 Å². The topological polar surface area (TPSA) is 94.8 Å². The summed E-state index contributed by atoms with van der Waals surface area (Å²) in [6.45, 7) is 0. The third kappa shape index (κ3) is 4.02. The van der Waals surface area contributed by atoms with Crippen molar-refractivity contribution < 1.29 is 24.9 Å². The van der Waals surface area contributed by atoms with Crippen LogP contribution >= 0.6 is 11.8 Å². The number of benzene rings is 2. The summed E-state index contributed by atoms with van der Waals surface area (Å²) in [4.78, 5) is 22.7. The summed E-state index contributed by atoms with van der Waals surface area (Å²) < 4.78 is 0. The zero-order valence-corrected chi connectivity index (χ0v) is 12.3. The molecule has 2 aromatic carbocycles. The van der Waals surface area contributed by atoms with Gasteiger partial charge in [-0.3, -0.25) is 9.59 Å². The number of hydrogen-bond donors (Lipinski definition) is 3. The number of carboxylic acid groups (broad SMARTS) is 1.